The maximum Gasteiger partial charge on any atom is 0.335 e. The maximum atomic E-state index is 12.8. The van der Waals surface area contributed by atoms with Gasteiger partial charge < -0.3 is 15.7 Å². The number of amides is 2. The number of nitrogens with two attached hydrogens (primary N) is 1. The molecule has 1 unspecified atom stereocenters. The fourth-order valence-corrected chi connectivity index (χ4v) is 3.04. The average Bonchev–Trinajstić information content (AvgIpc) is 2.60. The van der Waals surface area contributed by atoms with Gasteiger partial charge >= 0.3 is 5.97 Å². The van der Waals surface area contributed by atoms with Gasteiger partial charge in [0.15, 0.2) is 0 Å². The molecule has 0 spiro atoms. The van der Waals surface area contributed by atoms with Crippen molar-refractivity contribution in [2.75, 3.05) is 6.54 Å². The van der Waals surface area contributed by atoms with Crippen LogP contribution in [-0.4, -0.2) is 34.3 Å². The summed E-state index contributed by atoms with van der Waals surface area (Å²) in [5.74, 6) is -2.12. The molecule has 1 heterocycles. The predicted molar refractivity (Wildman–Crippen MR) is 86.5 cm³/mol. The standard InChI is InChI=1S/C18H16N2O4/c19-16(21)15-14-7-2-1-4-11(14)8-9-20(15)17(22)12-5-3-6-13(10-12)18(23)24/h1-7,10,15H,8-9H2,(H2,19,21)(H,23,24). The molecule has 0 bridgehead atoms. The van der Waals surface area contributed by atoms with E-state index in [1.54, 1.807) is 12.1 Å². The molecule has 0 aliphatic carbocycles. The Balaban J connectivity index is 1.99. The first-order valence-corrected chi connectivity index (χ1v) is 7.50. The van der Waals surface area contributed by atoms with Crippen molar-refractivity contribution < 1.29 is 19.5 Å². The lowest BCUT2D eigenvalue weighted by Crippen LogP contribution is -2.45. The van der Waals surface area contributed by atoms with Crippen LogP contribution in [0.3, 0.4) is 0 Å². The highest BCUT2D eigenvalue weighted by Gasteiger charge is 2.35. The summed E-state index contributed by atoms with van der Waals surface area (Å²) in [7, 11) is 0. The summed E-state index contributed by atoms with van der Waals surface area (Å²) < 4.78 is 0. The molecule has 24 heavy (non-hydrogen) atoms. The summed E-state index contributed by atoms with van der Waals surface area (Å²) in [6.07, 6.45) is 0.615. The highest BCUT2D eigenvalue weighted by atomic mass is 16.4. The van der Waals surface area contributed by atoms with Crippen LogP contribution in [-0.2, 0) is 11.2 Å². The van der Waals surface area contributed by atoms with Crippen LogP contribution >= 0.6 is 0 Å². The van der Waals surface area contributed by atoms with Crippen LogP contribution in [0.1, 0.15) is 37.9 Å². The SMILES string of the molecule is NC(=O)C1c2ccccc2CCN1C(=O)c1cccc(C(=O)O)c1. The number of carboxylic acids is 1. The molecule has 6 heteroatoms. The quantitative estimate of drug-likeness (QED) is 0.895. The molecule has 0 fully saturated rings. The third-order valence-corrected chi connectivity index (χ3v) is 4.17. The number of carbonyl (C=O) groups is 3. The topological polar surface area (TPSA) is 101 Å². The maximum absolute atomic E-state index is 12.8. The normalized spacial score (nSPS) is 16.3. The van der Waals surface area contributed by atoms with Gasteiger partial charge in [-0.05, 0) is 35.7 Å². The molecule has 3 N–H and O–H groups in total. The summed E-state index contributed by atoms with van der Waals surface area (Å²) >= 11 is 0. The number of aromatic carboxylic acids is 1. The zero-order valence-electron chi connectivity index (χ0n) is 12.8. The van der Waals surface area contributed by atoms with Crippen molar-refractivity contribution in [2.45, 2.75) is 12.5 Å². The van der Waals surface area contributed by atoms with Crippen LogP contribution in [0, 0.1) is 0 Å². The molecule has 0 aromatic heterocycles. The van der Waals surface area contributed by atoms with Crippen molar-refractivity contribution in [3.05, 3.63) is 70.8 Å². The molecule has 0 saturated heterocycles. The van der Waals surface area contributed by atoms with Gasteiger partial charge in [0.25, 0.3) is 5.91 Å². The fourth-order valence-electron chi connectivity index (χ4n) is 3.04. The monoisotopic (exact) mass is 324 g/mol. The Morgan fingerprint density at radius 1 is 1.04 bits per heavy atom. The van der Waals surface area contributed by atoms with E-state index < -0.39 is 23.8 Å². The van der Waals surface area contributed by atoms with Crippen LogP contribution < -0.4 is 5.73 Å². The minimum absolute atomic E-state index is 0.0221. The smallest absolute Gasteiger partial charge is 0.335 e. The van der Waals surface area contributed by atoms with Crippen molar-refractivity contribution in [1.29, 1.82) is 0 Å². The van der Waals surface area contributed by atoms with E-state index in [1.165, 1.54) is 29.2 Å². The second kappa shape index (κ2) is 6.16. The zero-order chi connectivity index (χ0) is 17.3. The molecular formula is C18H16N2O4. The highest BCUT2D eigenvalue weighted by molar-refractivity contribution is 6.00. The van der Waals surface area contributed by atoms with Crippen LogP contribution in [0.4, 0.5) is 0 Å². The number of carboxylic acid groups (broad SMARTS) is 1. The van der Waals surface area contributed by atoms with Gasteiger partial charge in [-0.3, -0.25) is 9.59 Å². The van der Waals surface area contributed by atoms with Gasteiger partial charge in [-0.2, -0.15) is 0 Å². The lowest BCUT2D eigenvalue weighted by molar-refractivity contribution is -0.123. The van der Waals surface area contributed by atoms with Gasteiger partial charge in [-0.15, -0.1) is 0 Å². The summed E-state index contributed by atoms with van der Waals surface area (Å²) in [6.45, 7) is 0.348. The third-order valence-electron chi connectivity index (χ3n) is 4.17. The lowest BCUT2D eigenvalue weighted by Gasteiger charge is -2.35. The number of fused-ring (bicyclic) bond motifs is 1. The van der Waals surface area contributed by atoms with Crippen molar-refractivity contribution in [3.63, 3.8) is 0 Å². The summed E-state index contributed by atoms with van der Waals surface area (Å²) in [6, 6.07) is 12.3. The van der Waals surface area contributed by atoms with Crippen LogP contribution in [0.15, 0.2) is 48.5 Å². The third kappa shape index (κ3) is 2.74. The number of hydrogen-bond donors (Lipinski definition) is 2. The number of hydrogen-bond acceptors (Lipinski definition) is 3. The fraction of sp³-hybridized carbons (Fsp3) is 0.167. The van der Waals surface area contributed by atoms with Gasteiger partial charge in [0.2, 0.25) is 5.91 Å². The second-order valence-electron chi connectivity index (χ2n) is 5.64. The van der Waals surface area contributed by atoms with E-state index in [2.05, 4.69) is 0 Å². The van der Waals surface area contributed by atoms with E-state index >= 15 is 0 Å². The van der Waals surface area contributed by atoms with Crippen molar-refractivity contribution >= 4 is 17.8 Å². The average molecular weight is 324 g/mol. The first-order chi connectivity index (χ1) is 11.5. The van der Waals surface area contributed by atoms with Crippen molar-refractivity contribution in [2.24, 2.45) is 5.73 Å². The molecule has 1 atom stereocenters. The van der Waals surface area contributed by atoms with Gasteiger partial charge in [-0.1, -0.05) is 30.3 Å². The number of benzene rings is 2. The van der Waals surface area contributed by atoms with E-state index in [0.717, 1.165) is 11.1 Å². The molecule has 2 aromatic carbocycles. The van der Waals surface area contributed by atoms with Crippen LogP contribution in [0.2, 0.25) is 0 Å². The number of rotatable bonds is 3. The van der Waals surface area contributed by atoms with Gasteiger partial charge in [0.1, 0.15) is 6.04 Å². The van der Waals surface area contributed by atoms with Crippen LogP contribution in [0.25, 0.3) is 0 Å². The zero-order valence-corrected chi connectivity index (χ0v) is 12.8. The molecular weight excluding hydrogens is 308 g/mol. The Labute approximate surface area is 138 Å². The van der Waals surface area contributed by atoms with E-state index in [4.69, 9.17) is 10.8 Å². The number of primary amides is 1. The van der Waals surface area contributed by atoms with E-state index in [9.17, 15) is 14.4 Å². The number of nitrogens with zero attached hydrogens (tertiary/aromatic N) is 1. The second-order valence-corrected chi connectivity index (χ2v) is 5.64. The minimum atomic E-state index is -1.11. The Hall–Kier alpha value is -3.15. The van der Waals surface area contributed by atoms with Gasteiger partial charge in [0, 0.05) is 12.1 Å². The Morgan fingerprint density at radius 3 is 2.46 bits per heavy atom. The summed E-state index contributed by atoms with van der Waals surface area (Å²) in [4.78, 5) is 37.3. The Morgan fingerprint density at radius 2 is 1.75 bits per heavy atom. The molecule has 2 aromatic rings. The van der Waals surface area contributed by atoms with Crippen molar-refractivity contribution in [1.82, 2.24) is 4.90 Å². The van der Waals surface area contributed by atoms with E-state index in [0.29, 0.717) is 13.0 Å². The van der Waals surface area contributed by atoms with Gasteiger partial charge in [-0.25, -0.2) is 4.79 Å². The molecule has 0 radical (unpaired) electrons. The van der Waals surface area contributed by atoms with Gasteiger partial charge in [0.05, 0.1) is 5.56 Å². The van der Waals surface area contributed by atoms with E-state index in [-0.39, 0.29) is 11.1 Å². The molecule has 1 aliphatic rings. The summed E-state index contributed by atoms with van der Waals surface area (Å²) in [5, 5.41) is 9.07. The lowest BCUT2D eigenvalue weighted by atomic mass is 9.91. The molecule has 122 valence electrons. The minimum Gasteiger partial charge on any atom is -0.478 e. The Kier molecular flexibility index (Phi) is 4.04. The van der Waals surface area contributed by atoms with Crippen LogP contribution in [0.5, 0.6) is 0 Å². The first kappa shape index (κ1) is 15.7. The Bertz CT molecular complexity index is 831. The largest absolute Gasteiger partial charge is 0.478 e. The molecule has 2 amide bonds. The number of carbonyl (C=O) groups excluding carboxylic acids is 2. The first-order valence-electron chi connectivity index (χ1n) is 7.50. The molecule has 1 aliphatic heterocycles. The predicted octanol–water partition coefficient (Wildman–Crippen LogP) is 1.61. The summed E-state index contributed by atoms with van der Waals surface area (Å²) in [5.41, 5.74) is 7.50. The molecule has 0 saturated carbocycles. The van der Waals surface area contributed by atoms with Crippen molar-refractivity contribution in [3.8, 4) is 0 Å². The molecule has 3 rings (SSSR count). The van der Waals surface area contributed by atoms with E-state index in [1.807, 2.05) is 12.1 Å². The highest BCUT2D eigenvalue weighted by Crippen LogP contribution is 2.30. The molecule has 6 nitrogen and oxygen atoms in total.